The molecule has 1 aromatic rings. The molecule has 0 bridgehead atoms. The van der Waals surface area contributed by atoms with Gasteiger partial charge in [0, 0.05) is 29.4 Å². The monoisotopic (exact) mass is 222 g/mol. The van der Waals surface area contributed by atoms with Crippen LogP contribution in [0.5, 0.6) is 0 Å². The number of hydrogen-bond acceptors (Lipinski definition) is 3. The Kier molecular flexibility index (Phi) is 3.89. The predicted octanol–water partition coefficient (Wildman–Crippen LogP) is 3.17. The van der Waals surface area contributed by atoms with E-state index in [1.54, 1.807) is 0 Å². The van der Waals surface area contributed by atoms with Crippen LogP contribution < -0.4 is 5.32 Å². The lowest BCUT2D eigenvalue weighted by atomic mass is 9.94. The summed E-state index contributed by atoms with van der Waals surface area (Å²) in [6, 6.07) is 4.73. The second kappa shape index (κ2) is 5.40. The summed E-state index contributed by atoms with van der Waals surface area (Å²) in [5.74, 6) is 0. The standard InChI is InChI=1S/C12H18N2S/c1-15-12-5-3-2-4-11(12)14-10-6-8-13-9-7-10/h6-9,11-12H,2-5H2,1H3,(H,13,14). The number of thioether (sulfide) groups is 1. The maximum atomic E-state index is 4.03. The third-order valence-corrected chi connectivity index (χ3v) is 4.21. The number of rotatable bonds is 3. The highest BCUT2D eigenvalue weighted by Gasteiger charge is 2.23. The summed E-state index contributed by atoms with van der Waals surface area (Å²) >= 11 is 1.99. The SMILES string of the molecule is CSC1CCCCC1Nc1ccncc1. The van der Waals surface area contributed by atoms with Gasteiger partial charge in [-0.2, -0.15) is 11.8 Å². The van der Waals surface area contributed by atoms with Gasteiger partial charge >= 0.3 is 0 Å². The van der Waals surface area contributed by atoms with Crippen molar-refractivity contribution in [1.29, 1.82) is 0 Å². The van der Waals surface area contributed by atoms with E-state index in [1.807, 2.05) is 36.3 Å². The summed E-state index contributed by atoms with van der Waals surface area (Å²) in [6.45, 7) is 0. The summed E-state index contributed by atoms with van der Waals surface area (Å²) in [5, 5.41) is 4.39. The van der Waals surface area contributed by atoms with E-state index in [0.29, 0.717) is 6.04 Å². The van der Waals surface area contributed by atoms with Gasteiger partial charge in [0.2, 0.25) is 0 Å². The van der Waals surface area contributed by atoms with Crippen molar-refractivity contribution >= 4 is 17.4 Å². The van der Waals surface area contributed by atoms with Crippen LogP contribution in [0, 0.1) is 0 Å². The van der Waals surface area contributed by atoms with Crippen LogP contribution in [-0.2, 0) is 0 Å². The Bertz CT molecular complexity index is 289. The van der Waals surface area contributed by atoms with Crippen LogP contribution >= 0.6 is 11.8 Å². The van der Waals surface area contributed by atoms with Crippen molar-refractivity contribution < 1.29 is 0 Å². The molecule has 2 rings (SSSR count). The van der Waals surface area contributed by atoms with Gasteiger partial charge in [0.1, 0.15) is 0 Å². The van der Waals surface area contributed by atoms with Gasteiger partial charge in [-0.25, -0.2) is 0 Å². The Morgan fingerprint density at radius 2 is 2.00 bits per heavy atom. The van der Waals surface area contributed by atoms with E-state index in [2.05, 4.69) is 16.6 Å². The normalized spacial score (nSPS) is 26.2. The maximum absolute atomic E-state index is 4.03. The molecule has 0 saturated heterocycles. The van der Waals surface area contributed by atoms with Crippen molar-refractivity contribution in [3.63, 3.8) is 0 Å². The molecule has 0 amide bonds. The van der Waals surface area contributed by atoms with E-state index in [0.717, 1.165) is 5.25 Å². The van der Waals surface area contributed by atoms with Gasteiger partial charge in [0.05, 0.1) is 0 Å². The molecule has 0 aliphatic heterocycles. The smallest absolute Gasteiger partial charge is 0.0379 e. The largest absolute Gasteiger partial charge is 0.381 e. The molecule has 0 radical (unpaired) electrons. The predicted molar refractivity (Wildman–Crippen MR) is 67.4 cm³/mol. The van der Waals surface area contributed by atoms with Gasteiger partial charge < -0.3 is 5.32 Å². The molecule has 1 N–H and O–H groups in total. The number of nitrogens with zero attached hydrogens (tertiary/aromatic N) is 1. The molecule has 0 spiro atoms. The zero-order valence-electron chi connectivity index (χ0n) is 9.15. The Labute approximate surface area is 95.9 Å². The molecule has 1 aromatic heterocycles. The van der Waals surface area contributed by atoms with Crippen LogP contribution in [0.4, 0.5) is 5.69 Å². The van der Waals surface area contributed by atoms with E-state index in [9.17, 15) is 0 Å². The molecule has 1 aliphatic rings. The van der Waals surface area contributed by atoms with Crippen LogP contribution in [0.15, 0.2) is 24.5 Å². The van der Waals surface area contributed by atoms with Crippen molar-refractivity contribution in [2.45, 2.75) is 37.0 Å². The molecule has 2 unspecified atom stereocenters. The second-order valence-electron chi connectivity index (χ2n) is 4.05. The summed E-state index contributed by atoms with van der Waals surface area (Å²) in [7, 11) is 0. The summed E-state index contributed by atoms with van der Waals surface area (Å²) in [6.07, 6.45) is 11.3. The van der Waals surface area contributed by atoms with Crippen molar-refractivity contribution in [3.8, 4) is 0 Å². The number of anilines is 1. The Balaban J connectivity index is 1.97. The zero-order valence-corrected chi connectivity index (χ0v) is 9.96. The third-order valence-electron chi connectivity index (χ3n) is 3.04. The van der Waals surface area contributed by atoms with E-state index in [1.165, 1.54) is 31.4 Å². The van der Waals surface area contributed by atoms with Crippen molar-refractivity contribution in [2.24, 2.45) is 0 Å². The number of hydrogen-bond donors (Lipinski definition) is 1. The number of aromatic nitrogens is 1. The molecule has 1 saturated carbocycles. The van der Waals surface area contributed by atoms with E-state index >= 15 is 0 Å². The van der Waals surface area contributed by atoms with Crippen LogP contribution in [0.3, 0.4) is 0 Å². The minimum atomic E-state index is 0.635. The molecule has 2 atom stereocenters. The highest BCUT2D eigenvalue weighted by molar-refractivity contribution is 7.99. The molecule has 82 valence electrons. The van der Waals surface area contributed by atoms with Gasteiger partial charge in [-0.3, -0.25) is 4.98 Å². The van der Waals surface area contributed by atoms with Gasteiger partial charge in [-0.05, 0) is 31.2 Å². The van der Waals surface area contributed by atoms with Gasteiger partial charge in [-0.15, -0.1) is 0 Å². The Morgan fingerprint density at radius 1 is 1.27 bits per heavy atom. The van der Waals surface area contributed by atoms with Crippen molar-refractivity contribution in [2.75, 3.05) is 11.6 Å². The first-order chi connectivity index (χ1) is 7.40. The average Bonchev–Trinajstić information content (AvgIpc) is 2.31. The molecule has 1 aliphatic carbocycles. The molecule has 3 heteroatoms. The molecule has 15 heavy (non-hydrogen) atoms. The fraction of sp³-hybridized carbons (Fsp3) is 0.583. The minimum Gasteiger partial charge on any atom is -0.381 e. The van der Waals surface area contributed by atoms with Crippen LogP contribution in [0.1, 0.15) is 25.7 Å². The van der Waals surface area contributed by atoms with Crippen LogP contribution in [0.25, 0.3) is 0 Å². The van der Waals surface area contributed by atoms with Crippen LogP contribution in [-0.4, -0.2) is 22.5 Å². The van der Waals surface area contributed by atoms with E-state index < -0.39 is 0 Å². The third kappa shape index (κ3) is 2.88. The topological polar surface area (TPSA) is 24.9 Å². The Hall–Kier alpha value is -0.700. The Morgan fingerprint density at radius 3 is 2.73 bits per heavy atom. The van der Waals surface area contributed by atoms with E-state index in [-0.39, 0.29) is 0 Å². The molecule has 1 fully saturated rings. The lowest BCUT2D eigenvalue weighted by molar-refractivity contribution is 0.475. The van der Waals surface area contributed by atoms with Gasteiger partial charge in [0.25, 0.3) is 0 Å². The summed E-state index contributed by atoms with van der Waals surface area (Å²) < 4.78 is 0. The molecule has 2 nitrogen and oxygen atoms in total. The van der Waals surface area contributed by atoms with Crippen molar-refractivity contribution in [1.82, 2.24) is 4.98 Å². The highest BCUT2D eigenvalue weighted by Crippen LogP contribution is 2.29. The second-order valence-corrected chi connectivity index (χ2v) is 5.12. The minimum absolute atomic E-state index is 0.635. The van der Waals surface area contributed by atoms with Crippen molar-refractivity contribution in [3.05, 3.63) is 24.5 Å². The fourth-order valence-corrected chi connectivity index (χ4v) is 3.14. The summed E-state index contributed by atoms with van der Waals surface area (Å²) in [5.41, 5.74) is 1.20. The van der Waals surface area contributed by atoms with Crippen LogP contribution in [0.2, 0.25) is 0 Å². The molecule has 0 aromatic carbocycles. The molecule has 1 heterocycles. The van der Waals surface area contributed by atoms with Gasteiger partial charge in [0.15, 0.2) is 0 Å². The highest BCUT2D eigenvalue weighted by atomic mass is 32.2. The average molecular weight is 222 g/mol. The lowest BCUT2D eigenvalue weighted by Gasteiger charge is -2.31. The van der Waals surface area contributed by atoms with E-state index in [4.69, 9.17) is 0 Å². The fourth-order valence-electron chi connectivity index (χ4n) is 2.21. The number of pyridine rings is 1. The maximum Gasteiger partial charge on any atom is 0.0379 e. The van der Waals surface area contributed by atoms with Gasteiger partial charge in [-0.1, -0.05) is 12.8 Å². The lowest BCUT2D eigenvalue weighted by Crippen LogP contribution is -2.34. The first kappa shape index (κ1) is 10.8. The first-order valence-corrected chi connectivity index (χ1v) is 6.88. The molecular weight excluding hydrogens is 204 g/mol. The zero-order chi connectivity index (χ0) is 10.5. The quantitative estimate of drug-likeness (QED) is 0.850. The summed E-state index contributed by atoms with van der Waals surface area (Å²) in [4.78, 5) is 4.03. The molecular formula is C12H18N2S. The first-order valence-electron chi connectivity index (χ1n) is 5.59. The number of nitrogens with one attached hydrogen (secondary N) is 1.